The van der Waals surface area contributed by atoms with Crippen LogP contribution in [0.1, 0.15) is 43.5 Å². The molecule has 2 aliphatic heterocycles. The Labute approximate surface area is 170 Å². The van der Waals surface area contributed by atoms with Crippen LogP contribution in [0.2, 0.25) is 0 Å². The van der Waals surface area contributed by atoms with Crippen LogP contribution in [0.15, 0.2) is 36.5 Å². The van der Waals surface area contributed by atoms with E-state index in [4.69, 9.17) is 0 Å². The Balaban J connectivity index is 1.43. The van der Waals surface area contributed by atoms with Gasteiger partial charge in [0.05, 0.1) is 17.8 Å². The van der Waals surface area contributed by atoms with Gasteiger partial charge in [0.25, 0.3) is 0 Å². The number of hydrogen-bond donors (Lipinski definition) is 3. The lowest BCUT2D eigenvalue weighted by Gasteiger charge is -2.32. The number of rotatable bonds is 4. The largest absolute Gasteiger partial charge is 0.354 e. The highest BCUT2D eigenvalue weighted by molar-refractivity contribution is 5.77. The molecule has 0 saturated carbocycles. The summed E-state index contributed by atoms with van der Waals surface area (Å²) in [5.41, 5.74) is 2.37. The maximum Gasteiger partial charge on any atom is 0.318 e. The Morgan fingerprint density at radius 3 is 2.83 bits per heavy atom. The van der Waals surface area contributed by atoms with Gasteiger partial charge in [-0.3, -0.25) is 4.79 Å². The average Bonchev–Trinajstić information content (AvgIpc) is 2.99. The summed E-state index contributed by atoms with van der Waals surface area (Å²) >= 11 is 0. The van der Waals surface area contributed by atoms with Crippen LogP contribution < -0.4 is 16.0 Å². The van der Waals surface area contributed by atoms with Crippen molar-refractivity contribution < 1.29 is 9.59 Å². The molecule has 1 aromatic carbocycles. The molecule has 3 N–H and O–H groups in total. The number of hydrogen-bond acceptors (Lipinski definition) is 5. The first kappa shape index (κ1) is 19.2. The molecule has 3 amide bonds. The average molecular weight is 394 g/mol. The summed E-state index contributed by atoms with van der Waals surface area (Å²) in [4.78, 5) is 35.1. The van der Waals surface area contributed by atoms with Gasteiger partial charge in [-0.2, -0.15) is 0 Å². The molecular weight excluding hydrogens is 368 g/mol. The number of aromatic nitrogens is 2. The fraction of sp³-hybridized carbons (Fsp3) is 0.429. The minimum Gasteiger partial charge on any atom is -0.354 e. The zero-order valence-electron chi connectivity index (χ0n) is 16.7. The molecule has 2 aliphatic rings. The Bertz CT molecular complexity index is 905. The van der Waals surface area contributed by atoms with Crippen molar-refractivity contribution in [2.75, 3.05) is 11.9 Å². The number of urea groups is 1. The highest BCUT2D eigenvalue weighted by Gasteiger charge is 2.41. The number of fused-ring (bicyclic) bond motifs is 1. The van der Waals surface area contributed by atoms with E-state index in [0.29, 0.717) is 32.0 Å². The van der Waals surface area contributed by atoms with Gasteiger partial charge < -0.3 is 20.9 Å². The summed E-state index contributed by atoms with van der Waals surface area (Å²) in [7, 11) is 0. The number of amides is 3. The number of piperidine rings is 1. The normalized spacial score (nSPS) is 20.0. The number of nitrogens with one attached hydrogen (secondary N) is 3. The monoisotopic (exact) mass is 394 g/mol. The van der Waals surface area contributed by atoms with Gasteiger partial charge in [-0.1, -0.05) is 30.3 Å². The van der Waals surface area contributed by atoms with Gasteiger partial charge in [0.15, 0.2) is 0 Å². The third-order valence-corrected chi connectivity index (χ3v) is 5.64. The van der Waals surface area contributed by atoms with Gasteiger partial charge in [-0.05, 0) is 25.8 Å². The lowest BCUT2D eigenvalue weighted by Crippen LogP contribution is -2.45. The van der Waals surface area contributed by atoms with Crippen LogP contribution in [0.25, 0.3) is 0 Å². The van der Waals surface area contributed by atoms with E-state index in [1.165, 1.54) is 0 Å². The second-order valence-corrected chi connectivity index (χ2v) is 8.03. The van der Waals surface area contributed by atoms with Gasteiger partial charge in [-0.15, -0.1) is 0 Å². The highest BCUT2D eigenvalue weighted by atomic mass is 16.2. The summed E-state index contributed by atoms with van der Waals surface area (Å²) in [5, 5.41) is 9.14. The summed E-state index contributed by atoms with van der Waals surface area (Å²) in [6.07, 6.45) is 3.06. The van der Waals surface area contributed by atoms with E-state index in [1.54, 1.807) is 11.1 Å². The van der Waals surface area contributed by atoms with Crippen molar-refractivity contribution in [1.82, 2.24) is 25.5 Å². The van der Waals surface area contributed by atoms with Gasteiger partial charge in [-0.25, -0.2) is 14.8 Å². The van der Waals surface area contributed by atoms with E-state index in [-0.39, 0.29) is 18.0 Å². The van der Waals surface area contributed by atoms with E-state index in [9.17, 15) is 9.59 Å². The zero-order valence-corrected chi connectivity index (χ0v) is 16.7. The number of anilines is 1. The first-order valence-corrected chi connectivity index (χ1v) is 9.92. The highest BCUT2D eigenvalue weighted by Crippen LogP contribution is 2.37. The van der Waals surface area contributed by atoms with Crippen molar-refractivity contribution in [3.63, 3.8) is 0 Å². The molecule has 1 aromatic heterocycles. The Morgan fingerprint density at radius 1 is 1.31 bits per heavy atom. The molecule has 0 radical (unpaired) electrons. The summed E-state index contributed by atoms with van der Waals surface area (Å²) in [6.45, 7) is 5.50. The van der Waals surface area contributed by atoms with Gasteiger partial charge in [0, 0.05) is 37.3 Å². The molecule has 3 heterocycles. The topological polar surface area (TPSA) is 99.2 Å². The zero-order chi connectivity index (χ0) is 20.4. The number of benzene rings is 1. The van der Waals surface area contributed by atoms with E-state index >= 15 is 0 Å². The Kier molecular flexibility index (Phi) is 5.08. The van der Waals surface area contributed by atoms with Gasteiger partial charge in [0.2, 0.25) is 11.9 Å². The first-order valence-electron chi connectivity index (χ1n) is 9.92. The number of carbonyl (C=O) groups is 2. The van der Waals surface area contributed by atoms with E-state index in [0.717, 1.165) is 23.2 Å². The SMILES string of the molecule is CC1(C)c2cnc(NC3CCC(=O)NC3)nc2CN1C(=O)NCc1ccccc1. The van der Waals surface area contributed by atoms with Crippen LogP contribution in [0.4, 0.5) is 10.7 Å². The maximum absolute atomic E-state index is 12.8. The molecule has 152 valence electrons. The molecular formula is C21H26N6O2. The van der Waals surface area contributed by atoms with Crippen molar-refractivity contribution >= 4 is 17.9 Å². The second kappa shape index (κ2) is 7.69. The lowest BCUT2D eigenvalue weighted by atomic mass is 9.97. The number of nitrogens with zero attached hydrogens (tertiary/aromatic N) is 3. The van der Waals surface area contributed by atoms with Gasteiger partial charge in [0.1, 0.15) is 0 Å². The minimum absolute atomic E-state index is 0.0804. The molecule has 0 spiro atoms. The van der Waals surface area contributed by atoms with Gasteiger partial charge >= 0.3 is 6.03 Å². The predicted octanol–water partition coefficient (Wildman–Crippen LogP) is 2.13. The fourth-order valence-corrected chi connectivity index (χ4v) is 3.84. The van der Waals surface area contributed by atoms with Crippen molar-refractivity contribution in [2.24, 2.45) is 0 Å². The van der Waals surface area contributed by atoms with Crippen LogP contribution in [-0.4, -0.2) is 39.4 Å². The summed E-state index contributed by atoms with van der Waals surface area (Å²) in [5.74, 6) is 0.615. The van der Waals surface area contributed by atoms with Crippen LogP contribution in [-0.2, 0) is 23.4 Å². The molecule has 29 heavy (non-hydrogen) atoms. The molecule has 1 unspecified atom stereocenters. The van der Waals surface area contributed by atoms with Crippen molar-refractivity contribution in [3.8, 4) is 0 Å². The Hall–Kier alpha value is -3.16. The molecule has 1 saturated heterocycles. The maximum atomic E-state index is 12.8. The van der Waals surface area contributed by atoms with Crippen LogP contribution in [0.5, 0.6) is 0 Å². The van der Waals surface area contributed by atoms with Crippen LogP contribution in [0.3, 0.4) is 0 Å². The molecule has 8 heteroatoms. The molecule has 1 fully saturated rings. The van der Waals surface area contributed by atoms with E-state index in [1.807, 2.05) is 44.2 Å². The lowest BCUT2D eigenvalue weighted by molar-refractivity contribution is -0.122. The van der Waals surface area contributed by atoms with E-state index < -0.39 is 5.54 Å². The summed E-state index contributed by atoms with van der Waals surface area (Å²) in [6, 6.07) is 9.84. The molecule has 0 aliphatic carbocycles. The minimum atomic E-state index is -0.493. The molecule has 2 aromatic rings. The predicted molar refractivity (Wildman–Crippen MR) is 109 cm³/mol. The molecule has 0 bridgehead atoms. The van der Waals surface area contributed by atoms with Crippen molar-refractivity contribution in [3.05, 3.63) is 53.3 Å². The van der Waals surface area contributed by atoms with Crippen LogP contribution >= 0.6 is 0 Å². The smallest absolute Gasteiger partial charge is 0.318 e. The third kappa shape index (κ3) is 4.01. The second-order valence-electron chi connectivity index (χ2n) is 8.03. The first-order chi connectivity index (χ1) is 13.9. The molecule has 4 rings (SSSR count). The summed E-state index contributed by atoms with van der Waals surface area (Å²) < 4.78 is 0. The van der Waals surface area contributed by atoms with Crippen molar-refractivity contribution in [1.29, 1.82) is 0 Å². The quantitative estimate of drug-likeness (QED) is 0.738. The molecule has 8 nitrogen and oxygen atoms in total. The molecule has 1 atom stereocenters. The standard InChI is InChI=1S/C21H26N6O2/c1-21(2)16-12-23-19(25-15-8-9-18(28)22-11-15)26-17(16)13-27(21)20(29)24-10-14-6-4-3-5-7-14/h3-7,12,15H,8-11,13H2,1-2H3,(H,22,28)(H,24,29)(H,23,25,26). The Morgan fingerprint density at radius 2 is 2.10 bits per heavy atom. The van der Waals surface area contributed by atoms with Crippen molar-refractivity contribution in [2.45, 2.75) is 51.4 Å². The van der Waals surface area contributed by atoms with E-state index in [2.05, 4.69) is 25.9 Å². The number of carbonyl (C=O) groups excluding carboxylic acids is 2. The fourth-order valence-electron chi connectivity index (χ4n) is 3.84. The third-order valence-electron chi connectivity index (χ3n) is 5.64. The van der Waals surface area contributed by atoms with Crippen LogP contribution in [0, 0.1) is 0 Å².